The van der Waals surface area contributed by atoms with Gasteiger partial charge >= 0.3 is 0 Å². The van der Waals surface area contributed by atoms with Crippen LogP contribution in [0.25, 0.3) is 0 Å². The van der Waals surface area contributed by atoms with Crippen molar-refractivity contribution in [1.29, 1.82) is 0 Å². The molecular weight excluding hydrogens is 432 g/mol. The predicted octanol–water partition coefficient (Wildman–Crippen LogP) is 4.22. The molecule has 1 N–H and O–H groups in total. The molecule has 6 rings (SSSR count). The first-order valence-corrected chi connectivity index (χ1v) is 11.7. The Balaban J connectivity index is 1.21. The summed E-state index contributed by atoms with van der Waals surface area (Å²) in [5.74, 6) is 1.71. The van der Waals surface area contributed by atoms with Gasteiger partial charge in [-0.15, -0.1) is 0 Å². The minimum atomic E-state index is 0.0300. The number of nitrogens with one attached hydrogen (secondary N) is 1. The largest absolute Gasteiger partial charge is 0.378 e. The van der Waals surface area contributed by atoms with Crippen LogP contribution in [0.3, 0.4) is 0 Å². The molecule has 6 heteroatoms. The molecule has 156 valence electrons. The molecule has 4 saturated carbocycles. The lowest BCUT2D eigenvalue weighted by Crippen LogP contribution is -2.53. The molecule has 0 aromatic heterocycles. The van der Waals surface area contributed by atoms with Crippen molar-refractivity contribution in [2.75, 3.05) is 31.6 Å². The number of rotatable bonds is 4. The quantitative estimate of drug-likeness (QED) is 0.684. The summed E-state index contributed by atoms with van der Waals surface area (Å²) < 4.78 is 5.59. The maximum absolute atomic E-state index is 12.9. The van der Waals surface area contributed by atoms with Gasteiger partial charge in [-0.2, -0.15) is 0 Å². The Bertz CT molecular complexity index is 789. The first-order chi connectivity index (χ1) is 13.9. The van der Waals surface area contributed by atoms with Gasteiger partial charge in [0, 0.05) is 35.1 Å². The molecule has 5 nitrogen and oxygen atoms in total. The van der Waals surface area contributed by atoms with Gasteiger partial charge in [0.1, 0.15) is 0 Å². The summed E-state index contributed by atoms with van der Waals surface area (Å²) >= 11 is 4.03. The lowest BCUT2D eigenvalue weighted by atomic mass is 9.48. The Morgan fingerprint density at radius 3 is 2.34 bits per heavy atom. The molecule has 1 aromatic carbocycles. The van der Waals surface area contributed by atoms with Crippen molar-refractivity contribution in [2.24, 2.45) is 17.3 Å². The van der Waals surface area contributed by atoms with Gasteiger partial charge in [0.15, 0.2) is 0 Å². The second kappa shape index (κ2) is 7.38. The van der Waals surface area contributed by atoms with Crippen LogP contribution < -0.4 is 5.32 Å². The van der Waals surface area contributed by atoms with Crippen molar-refractivity contribution >= 4 is 33.4 Å². The average molecular weight is 461 g/mol. The molecule has 2 unspecified atom stereocenters. The number of carbonyl (C=O) groups is 2. The van der Waals surface area contributed by atoms with E-state index in [0.717, 1.165) is 23.9 Å². The number of carbonyl (C=O) groups excluding carboxylic acids is 2. The van der Waals surface area contributed by atoms with Crippen LogP contribution in [-0.2, 0) is 9.53 Å². The van der Waals surface area contributed by atoms with Crippen LogP contribution in [0, 0.1) is 17.3 Å². The Morgan fingerprint density at radius 1 is 1.07 bits per heavy atom. The predicted molar refractivity (Wildman–Crippen MR) is 115 cm³/mol. The van der Waals surface area contributed by atoms with Crippen LogP contribution in [0.2, 0.25) is 0 Å². The topological polar surface area (TPSA) is 58.6 Å². The Hall–Kier alpha value is -1.40. The summed E-state index contributed by atoms with van der Waals surface area (Å²) in [6.45, 7) is 2.46. The molecule has 2 atom stereocenters. The standard InChI is InChI=1S/C23H29BrN2O3/c24-23-12-16-9-17(13-23)11-22(10-16,15-23)14-20(27)25-19-3-1-18(2-4-19)21(28)26-5-7-29-8-6-26/h1-4,16-17H,5-15H2,(H,25,27). The van der Waals surface area contributed by atoms with Crippen LogP contribution in [0.15, 0.2) is 24.3 Å². The molecule has 0 radical (unpaired) electrons. The highest BCUT2D eigenvalue weighted by Gasteiger charge is 2.57. The third kappa shape index (κ3) is 3.98. The minimum Gasteiger partial charge on any atom is -0.378 e. The van der Waals surface area contributed by atoms with Crippen LogP contribution in [0.5, 0.6) is 0 Å². The number of ether oxygens (including phenoxy) is 1. The minimum absolute atomic E-state index is 0.0300. The zero-order chi connectivity index (χ0) is 20.1. The second-order valence-electron chi connectivity index (χ2n) is 9.82. The van der Waals surface area contributed by atoms with Gasteiger partial charge in [0.25, 0.3) is 5.91 Å². The molecule has 5 aliphatic rings. The fraction of sp³-hybridized carbons (Fsp3) is 0.652. The number of alkyl halides is 1. The molecule has 29 heavy (non-hydrogen) atoms. The first-order valence-electron chi connectivity index (χ1n) is 10.9. The Labute approximate surface area is 180 Å². The van der Waals surface area contributed by atoms with Gasteiger partial charge in [-0.25, -0.2) is 0 Å². The van der Waals surface area contributed by atoms with E-state index < -0.39 is 0 Å². The lowest BCUT2D eigenvalue weighted by Gasteiger charge is -2.60. The number of morpholine rings is 1. The van der Waals surface area contributed by atoms with Crippen LogP contribution >= 0.6 is 15.9 Å². The van der Waals surface area contributed by atoms with Crippen LogP contribution in [0.4, 0.5) is 5.69 Å². The van der Waals surface area contributed by atoms with Gasteiger partial charge in [0.05, 0.1) is 13.2 Å². The molecule has 1 aliphatic heterocycles. The maximum Gasteiger partial charge on any atom is 0.254 e. The van der Waals surface area contributed by atoms with Gasteiger partial charge < -0.3 is 15.0 Å². The third-order valence-electron chi connectivity index (χ3n) is 7.36. The van der Waals surface area contributed by atoms with E-state index in [2.05, 4.69) is 21.2 Å². The Morgan fingerprint density at radius 2 is 1.72 bits per heavy atom. The molecule has 1 aromatic rings. The molecule has 5 fully saturated rings. The molecule has 1 heterocycles. The number of hydrogen-bond acceptors (Lipinski definition) is 3. The Kier molecular flexibility index (Phi) is 4.98. The highest BCUT2D eigenvalue weighted by atomic mass is 79.9. The molecule has 4 aliphatic carbocycles. The van der Waals surface area contributed by atoms with Crippen molar-refractivity contribution in [3.8, 4) is 0 Å². The monoisotopic (exact) mass is 460 g/mol. The summed E-state index contributed by atoms with van der Waals surface area (Å²) in [4.78, 5) is 27.2. The highest BCUT2D eigenvalue weighted by Crippen LogP contribution is 2.65. The normalized spacial score (nSPS) is 35.6. The van der Waals surface area contributed by atoms with Crippen LogP contribution in [0.1, 0.15) is 55.3 Å². The third-order valence-corrected chi connectivity index (χ3v) is 8.29. The van der Waals surface area contributed by atoms with Crippen molar-refractivity contribution in [2.45, 2.75) is 49.3 Å². The average Bonchev–Trinajstić information content (AvgIpc) is 2.66. The first kappa shape index (κ1) is 19.6. The van der Waals surface area contributed by atoms with Gasteiger partial charge in [-0.3, -0.25) is 9.59 Å². The number of amides is 2. The summed E-state index contributed by atoms with van der Waals surface area (Å²) in [5, 5.41) is 3.08. The van der Waals surface area contributed by atoms with Crippen molar-refractivity contribution in [1.82, 2.24) is 4.90 Å². The molecular formula is C23H29BrN2O3. The fourth-order valence-electron chi connectivity index (χ4n) is 6.73. The van der Waals surface area contributed by atoms with Gasteiger partial charge in [-0.05, 0) is 80.0 Å². The second-order valence-corrected chi connectivity index (χ2v) is 11.5. The summed E-state index contributed by atoms with van der Waals surface area (Å²) in [6.07, 6.45) is 8.08. The van der Waals surface area contributed by atoms with Crippen LogP contribution in [-0.4, -0.2) is 47.3 Å². The van der Waals surface area contributed by atoms with Gasteiger partial charge in [0.2, 0.25) is 5.91 Å². The molecule has 2 amide bonds. The van der Waals surface area contributed by atoms with Crippen molar-refractivity contribution < 1.29 is 14.3 Å². The number of halogens is 1. The summed E-state index contributed by atoms with van der Waals surface area (Å²) in [7, 11) is 0. The van der Waals surface area contributed by atoms with Gasteiger partial charge in [-0.1, -0.05) is 15.9 Å². The molecule has 4 bridgehead atoms. The zero-order valence-electron chi connectivity index (χ0n) is 16.8. The van der Waals surface area contributed by atoms with E-state index in [9.17, 15) is 9.59 Å². The van der Waals surface area contributed by atoms with E-state index >= 15 is 0 Å². The van der Waals surface area contributed by atoms with E-state index in [-0.39, 0.29) is 21.6 Å². The summed E-state index contributed by atoms with van der Waals surface area (Å²) in [5.41, 5.74) is 1.60. The fourth-order valence-corrected chi connectivity index (χ4v) is 8.24. The summed E-state index contributed by atoms with van der Waals surface area (Å²) in [6, 6.07) is 7.31. The smallest absolute Gasteiger partial charge is 0.254 e. The van der Waals surface area contributed by atoms with E-state index in [1.165, 1.54) is 32.1 Å². The number of benzene rings is 1. The highest BCUT2D eigenvalue weighted by molar-refractivity contribution is 9.10. The van der Waals surface area contributed by atoms with E-state index in [0.29, 0.717) is 38.3 Å². The number of nitrogens with zero attached hydrogens (tertiary/aromatic N) is 1. The van der Waals surface area contributed by atoms with E-state index in [1.54, 1.807) is 0 Å². The lowest BCUT2D eigenvalue weighted by molar-refractivity contribution is -0.123. The number of hydrogen-bond donors (Lipinski definition) is 1. The van der Waals surface area contributed by atoms with E-state index in [1.807, 2.05) is 29.2 Å². The van der Waals surface area contributed by atoms with E-state index in [4.69, 9.17) is 4.74 Å². The maximum atomic E-state index is 12.9. The van der Waals surface area contributed by atoms with Crippen molar-refractivity contribution in [3.05, 3.63) is 29.8 Å². The molecule has 1 saturated heterocycles. The van der Waals surface area contributed by atoms with Crippen molar-refractivity contribution in [3.63, 3.8) is 0 Å². The zero-order valence-corrected chi connectivity index (χ0v) is 18.4. The SMILES string of the molecule is O=C(CC12CC3CC(CC(Br)(C3)C1)C2)Nc1ccc(C(=O)N2CCOCC2)cc1. The number of anilines is 1. The molecule has 0 spiro atoms.